The van der Waals surface area contributed by atoms with Crippen molar-refractivity contribution in [3.8, 4) is 0 Å². The Kier molecular flexibility index (Phi) is 4.44. The number of nitrogens with one attached hydrogen (secondary N) is 1. The number of nitrogens with zero attached hydrogens (tertiary/aromatic N) is 1. The van der Waals surface area contributed by atoms with Crippen LogP contribution in [-0.2, 0) is 10.0 Å². The fraction of sp³-hybridized carbons (Fsp3) is 1.00. The van der Waals surface area contributed by atoms with Crippen LogP contribution in [0, 0.1) is 5.92 Å². The highest BCUT2D eigenvalue weighted by Gasteiger charge is 2.31. The van der Waals surface area contributed by atoms with E-state index >= 15 is 0 Å². The molecule has 2 atom stereocenters. The largest absolute Gasteiger partial charge is 0.316 e. The predicted octanol–water partition coefficient (Wildman–Crippen LogP) is 1.19. The summed E-state index contributed by atoms with van der Waals surface area (Å²) in [5.41, 5.74) is 0. The second kappa shape index (κ2) is 5.67. The lowest BCUT2D eigenvalue weighted by Gasteiger charge is -2.34. The Labute approximate surface area is 105 Å². The third-order valence-corrected chi connectivity index (χ3v) is 6.09. The molecule has 2 aliphatic rings. The fourth-order valence-electron chi connectivity index (χ4n) is 2.94. The zero-order valence-corrected chi connectivity index (χ0v) is 11.5. The van der Waals surface area contributed by atoms with Crippen LogP contribution in [0.15, 0.2) is 0 Å². The van der Waals surface area contributed by atoms with Gasteiger partial charge in [-0.1, -0.05) is 6.42 Å². The molecule has 1 N–H and O–H groups in total. The summed E-state index contributed by atoms with van der Waals surface area (Å²) in [4.78, 5) is 0. The summed E-state index contributed by atoms with van der Waals surface area (Å²) in [6.45, 7) is 4.66. The summed E-state index contributed by atoms with van der Waals surface area (Å²) in [6.07, 6.45) is 5.36. The molecule has 17 heavy (non-hydrogen) atoms. The lowest BCUT2D eigenvalue weighted by molar-refractivity contribution is 0.265. The molecule has 2 saturated heterocycles. The van der Waals surface area contributed by atoms with E-state index in [0.29, 0.717) is 11.7 Å². The van der Waals surface area contributed by atoms with Crippen LogP contribution in [0.1, 0.15) is 39.0 Å². The van der Waals surface area contributed by atoms with Gasteiger partial charge in [-0.15, -0.1) is 0 Å². The third kappa shape index (κ3) is 3.42. The number of piperidine rings is 2. The molecule has 5 heteroatoms. The highest BCUT2D eigenvalue weighted by molar-refractivity contribution is 7.89. The van der Waals surface area contributed by atoms with E-state index in [4.69, 9.17) is 0 Å². The highest BCUT2D eigenvalue weighted by atomic mass is 32.2. The van der Waals surface area contributed by atoms with Crippen LogP contribution in [0.3, 0.4) is 0 Å². The minimum absolute atomic E-state index is 0.199. The third-order valence-electron chi connectivity index (χ3n) is 3.94. The maximum absolute atomic E-state index is 12.4. The quantitative estimate of drug-likeness (QED) is 0.829. The van der Waals surface area contributed by atoms with Gasteiger partial charge in [-0.2, -0.15) is 4.31 Å². The lowest BCUT2D eigenvalue weighted by Crippen LogP contribution is -2.45. The molecule has 2 rings (SSSR count). The molecule has 0 aromatic heterocycles. The van der Waals surface area contributed by atoms with Gasteiger partial charge in [-0.3, -0.25) is 0 Å². The number of hydrogen-bond donors (Lipinski definition) is 1. The van der Waals surface area contributed by atoms with Gasteiger partial charge in [-0.25, -0.2) is 8.42 Å². The van der Waals surface area contributed by atoms with E-state index in [-0.39, 0.29) is 6.04 Å². The minimum atomic E-state index is -3.04. The monoisotopic (exact) mass is 260 g/mol. The molecular weight excluding hydrogens is 236 g/mol. The summed E-state index contributed by atoms with van der Waals surface area (Å²) in [7, 11) is -3.04. The van der Waals surface area contributed by atoms with Crippen LogP contribution in [0.2, 0.25) is 0 Å². The molecule has 0 spiro atoms. The van der Waals surface area contributed by atoms with Crippen LogP contribution < -0.4 is 5.32 Å². The Morgan fingerprint density at radius 1 is 1.24 bits per heavy atom. The van der Waals surface area contributed by atoms with Crippen molar-refractivity contribution >= 4 is 10.0 Å². The van der Waals surface area contributed by atoms with Gasteiger partial charge in [0.1, 0.15) is 0 Å². The second-order valence-electron chi connectivity index (χ2n) is 5.45. The number of sulfonamides is 1. The average molecular weight is 260 g/mol. The molecule has 2 fully saturated rings. The van der Waals surface area contributed by atoms with Crippen molar-refractivity contribution in [2.24, 2.45) is 5.92 Å². The van der Waals surface area contributed by atoms with Gasteiger partial charge in [0.2, 0.25) is 10.0 Å². The summed E-state index contributed by atoms with van der Waals surface area (Å²) in [5.74, 6) is 0.646. The van der Waals surface area contributed by atoms with E-state index in [2.05, 4.69) is 5.32 Å². The van der Waals surface area contributed by atoms with E-state index in [1.165, 1.54) is 0 Å². The molecule has 2 heterocycles. The molecule has 0 radical (unpaired) electrons. The first-order valence-electron chi connectivity index (χ1n) is 6.80. The summed E-state index contributed by atoms with van der Waals surface area (Å²) in [5, 5.41) is 3.29. The Balaban J connectivity index is 1.96. The van der Waals surface area contributed by atoms with Gasteiger partial charge >= 0.3 is 0 Å². The van der Waals surface area contributed by atoms with Gasteiger partial charge in [0.25, 0.3) is 0 Å². The van der Waals surface area contributed by atoms with E-state index < -0.39 is 10.0 Å². The molecule has 2 unspecified atom stereocenters. The van der Waals surface area contributed by atoms with E-state index in [1.54, 1.807) is 4.31 Å². The Morgan fingerprint density at radius 2 is 2.06 bits per heavy atom. The minimum Gasteiger partial charge on any atom is -0.316 e. The van der Waals surface area contributed by atoms with Gasteiger partial charge in [0, 0.05) is 12.6 Å². The smallest absolute Gasteiger partial charge is 0.214 e. The Bertz CT molecular complexity index is 336. The first kappa shape index (κ1) is 13.3. The average Bonchev–Trinajstić information content (AvgIpc) is 2.30. The molecule has 0 saturated carbocycles. The maximum atomic E-state index is 12.4. The van der Waals surface area contributed by atoms with Crippen molar-refractivity contribution in [3.63, 3.8) is 0 Å². The standard InChI is InChI=1S/C12H24N2O2S/c1-11-5-2-3-8-14(11)17(15,16)10-12-6-4-7-13-9-12/h11-13H,2-10H2,1H3. The van der Waals surface area contributed by atoms with Crippen molar-refractivity contribution in [2.45, 2.75) is 45.1 Å². The van der Waals surface area contributed by atoms with Gasteiger partial charge in [0.05, 0.1) is 5.75 Å². The summed E-state index contributed by atoms with van der Waals surface area (Å²) < 4.78 is 26.5. The lowest BCUT2D eigenvalue weighted by atomic mass is 10.0. The fourth-order valence-corrected chi connectivity index (χ4v) is 5.08. The number of hydrogen-bond acceptors (Lipinski definition) is 3. The predicted molar refractivity (Wildman–Crippen MR) is 69.4 cm³/mol. The molecule has 0 aliphatic carbocycles. The molecule has 4 nitrogen and oxygen atoms in total. The SMILES string of the molecule is CC1CCCCN1S(=O)(=O)CC1CCCNC1. The summed E-state index contributed by atoms with van der Waals surface area (Å²) in [6, 6.07) is 0.199. The van der Waals surface area contributed by atoms with Gasteiger partial charge in [-0.05, 0) is 51.6 Å². The van der Waals surface area contributed by atoms with Gasteiger partial charge < -0.3 is 5.32 Å². The second-order valence-corrected chi connectivity index (χ2v) is 7.41. The van der Waals surface area contributed by atoms with Crippen molar-refractivity contribution in [3.05, 3.63) is 0 Å². The zero-order chi connectivity index (χ0) is 12.3. The summed E-state index contributed by atoms with van der Waals surface area (Å²) >= 11 is 0. The van der Waals surface area contributed by atoms with Crippen molar-refractivity contribution in [2.75, 3.05) is 25.4 Å². The number of rotatable bonds is 3. The first-order chi connectivity index (χ1) is 8.09. The molecule has 0 amide bonds. The van der Waals surface area contributed by atoms with Crippen molar-refractivity contribution in [1.82, 2.24) is 9.62 Å². The topological polar surface area (TPSA) is 49.4 Å². The normalized spacial score (nSPS) is 32.5. The molecule has 2 aliphatic heterocycles. The van der Waals surface area contributed by atoms with Crippen LogP contribution in [0.5, 0.6) is 0 Å². The van der Waals surface area contributed by atoms with Crippen LogP contribution in [0.4, 0.5) is 0 Å². The first-order valence-corrected chi connectivity index (χ1v) is 8.41. The van der Waals surface area contributed by atoms with E-state index in [1.807, 2.05) is 6.92 Å². The molecular formula is C12H24N2O2S. The van der Waals surface area contributed by atoms with E-state index in [9.17, 15) is 8.42 Å². The van der Waals surface area contributed by atoms with Gasteiger partial charge in [0.15, 0.2) is 0 Å². The van der Waals surface area contributed by atoms with Crippen LogP contribution in [-0.4, -0.2) is 44.2 Å². The maximum Gasteiger partial charge on any atom is 0.214 e. The molecule has 0 aromatic rings. The van der Waals surface area contributed by atoms with Crippen molar-refractivity contribution < 1.29 is 8.42 Å². The molecule has 100 valence electrons. The van der Waals surface area contributed by atoms with E-state index in [0.717, 1.165) is 51.7 Å². The van der Waals surface area contributed by atoms with Crippen LogP contribution in [0.25, 0.3) is 0 Å². The Hall–Kier alpha value is -0.130. The highest BCUT2D eigenvalue weighted by Crippen LogP contribution is 2.23. The Morgan fingerprint density at radius 3 is 2.71 bits per heavy atom. The van der Waals surface area contributed by atoms with Crippen molar-refractivity contribution in [1.29, 1.82) is 0 Å². The zero-order valence-electron chi connectivity index (χ0n) is 10.7. The van der Waals surface area contributed by atoms with Crippen LogP contribution >= 0.6 is 0 Å². The molecule has 0 aromatic carbocycles. The molecule has 0 bridgehead atoms.